The van der Waals surface area contributed by atoms with E-state index in [4.69, 9.17) is 10.2 Å². The Kier molecular flexibility index (Phi) is 4.82. The van der Waals surface area contributed by atoms with Gasteiger partial charge in [0.1, 0.15) is 0 Å². The van der Waals surface area contributed by atoms with E-state index in [9.17, 15) is 0 Å². The average molecular weight is 217 g/mol. The second-order valence-electron chi connectivity index (χ2n) is 6.22. The lowest BCUT2D eigenvalue weighted by atomic mass is 9.90. The third kappa shape index (κ3) is 5.13. The molecule has 0 aliphatic heterocycles. The van der Waals surface area contributed by atoms with Crippen molar-refractivity contribution in [1.29, 1.82) is 0 Å². The van der Waals surface area contributed by atoms with Gasteiger partial charge in [0.2, 0.25) is 0 Å². The summed E-state index contributed by atoms with van der Waals surface area (Å²) in [6.07, 6.45) is 0. The van der Waals surface area contributed by atoms with E-state index in [0.717, 1.165) is 0 Å². The van der Waals surface area contributed by atoms with Crippen molar-refractivity contribution in [3.8, 4) is 0 Å². The van der Waals surface area contributed by atoms with Gasteiger partial charge in [0.05, 0.1) is 5.60 Å². The molecule has 0 aliphatic carbocycles. The summed E-state index contributed by atoms with van der Waals surface area (Å²) >= 11 is 0. The second-order valence-corrected chi connectivity index (χ2v) is 8.92. The fraction of sp³-hybridized carbons (Fsp3) is 1.00. The molecule has 0 fully saturated rings. The molecule has 2 nitrogen and oxygen atoms in total. The standard InChI is InChI=1S/C11H27NOSi/c1-8(2)9(12)11(6,7)13-14-10(3,4)5/h8-9H,12,14H2,1-7H3. The van der Waals surface area contributed by atoms with Crippen LogP contribution in [0.4, 0.5) is 0 Å². The number of hydrogen-bond acceptors (Lipinski definition) is 2. The third-order valence-electron chi connectivity index (χ3n) is 2.40. The summed E-state index contributed by atoms with van der Waals surface area (Å²) in [4.78, 5) is 0. The van der Waals surface area contributed by atoms with Crippen molar-refractivity contribution in [3.05, 3.63) is 0 Å². The van der Waals surface area contributed by atoms with Crippen LogP contribution >= 0.6 is 0 Å². The molecule has 0 spiro atoms. The quantitative estimate of drug-likeness (QED) is 0.732. The van der Waals surface area contributed by atoms with E-state index in [-0.39, 0.29) is 11.6 Å². The number of hydrogen-bond donors (Lipinski definition) is 1. The van der Waals surface area contributed by atoms with Crippen LogP contribution in [-0.4, -0.2) is 21.4 Å². The lowest BCUT2D eigenvalue weighted by molar-refractivity contribution is 0.0623. The van der Waals surface area contributed by atoms with Crippen molar-refractivity contribution in [2.45, 2.75) is 65.1 Å². The van der Waals surface area contributed by atoms with Crippen LogP contribution < -0.4 is 5.73 Å². The Balaban J connectivity index is 4.20. The van der Waals surface area contributed by atoms with Crippen LogP contribution in [0.5, 0.6) is 0 Å². The van der Waals surface area contributed by atoms with Gasteiger partial charge in [-0.3, -0.25) is 0 Å². The monoisotopic (exact) mass is 217 g/mol. The van der Waals surface area contributed by atoms with Gasteiger partial charge in [0.15, 0.2) is 9.76 Å². The molecule has 0 rings (SSSR count). The molecule has 1 atom stereocenters. The lowest BCUT2D eigenvalue weighted by Crippen LogP contribution is -2.49. The van der Waals surface area contributed by atoms with E-state index < -0.39 is 9.76 Å². The van der Waals surface area contributed by atoms with E-state index in [0.29, 0.717) is 11.0 Å². The van der Waals surface area contributed by atoms with Gasteiger partial charge in [-0.2, -0.15) is 0 Å². The Labute approximate surface area is 91.5 Å². The van der Waals surface area contributed by atoms with Crippen molar-refractivity contribution in [2.75, 3.05) is 0 Å². The maximum absolute atomic E-state index is 6.12. The summed E-state index contributed by atoms with van der Waals surface area (Å²) in [6, 6.07) is 0.123. The highest BCUT2D eigenvalue weighted by atomic mass is 28.2. The molecular formula is C11H27NOSi. The molecule has 3 heteroatoms. The molecule has 0 radical (unpaired) electrons. The molecular weight excluding hydrogens is 190 g/mol. The van der Waals surface area contributed by atoms with Crippen LogP contribution in [0, 0.1) is 5.92 Å². The Bertz CT molecular complexity index is 173. The minimum absolute atomic E-state index is 0.123. The Morgan fingerprint density at radius 3 is 1.79 bits per heavy atom. The smallest absolute Gasteiger partial charge is 0.167 e. The zero-order valence-corrected chi connectivity index (χ0v) is 12.3. The van der Waals surface area contributed by atoms with Gasteiger partial charge in [0, 0.05) is 6.04 Å². The van der Waals surface area contributed by atoms with E-state index >= 15 is 0 Å². The molecule has 2 N–H and O–H groups in total. The molecule has 0 saturated carbocycles. The first-order chi connectivity index (χ1) is 6.06. The first-order valence-corrected chi connectivity index (χ1v) is 6.74. The fourth-order valence-corrected chi connectivity index (χ4v) is 2.30. The molecule has 86 valence electrons. The summed E-state index contributed by atoms with van der Waals surface area (Å²) in [6.45, 7) is 15.2. The zero-order chi connectivity index (χ0) is 11.6. The van der Waals surface area contributed by atoms with Crippen LogP contribution in [0.15, 0.2) is 0 Å². The second kappa shape index (κ2) is 4.77. The van der Waals surface area contributed by atoms with Crippen molar-refractivity contribution >= 4 is 9.76 Å². The maximum Gasteiger partial charge on any atom is 0.167 e. The molecule has 0 aromatic carbocycles. The molecule has 0 aliphatic rings. The fourth-order valence-electron chi connectivity index (χ4n) is 1.30. The van der Waals surface area contributed by atoms with Gasteiger partial charge in [-0.25, -0.2) is 0 Å². The molecule has 0 bridgehead atoms. The highest BCUT2D eigenvalue weighted by Crippen LogP contribution is 2.26. The lowest BCUT2D eigenvalue weighted by Gasteiger charge is -2.37. The van der Waals surface area contributed by atoms with Gasteiger partial charge in [-0.1, -0.05) is 34.6 Å². The third-order valence-corrected chi connectivity index (χ3v) is 4.15. The molecule has 0 heterocycles. The topological polar surface area (TPSA) is 35.2 Å². The summed E-state index contributed by atoms with van der Waals surface area (Å²) in [7, 11) is -0.509. The van der Waals surface area contributed by atoms with Gasteiger partial charge in [-0.15, -0.1) is 0 Å². The van der Waals surface area contributed by atoms with Gasteiger partial charge in [0.25, 0.3) is 0 Å². The van der Waals surface area contributed by atoms with Crippen molar-refractivity contribution in [3.63, 3.8) is 0 Å². The van der Waals surface area contributed by atoms with Crippen molar-refractivity contribution in [1.82, 2.24) is 0 Å². The maximum atomic E-state index is 6.12. The van der Waals surface area contributed by atoms with Crippen molar-refractivity contribution in [2.24, 2.45) is 11.7 Å². The summed E-state index contributed by atoms with van der Waals surface area (Å²) in [5, 5.41) is 0.341. The van der Waals surface area contributed by atoms with Crippen LogP contribution in [0.2, 0.25) is 5.04 Å². The Hall–Kier alpha value is 0.137. The molecule has 14 heavy (non-hydrogen) atoms. The van der Waals surface area contributed by atoms with Crippen LogP contribution in [-0.2, 0) is 4.43 Å². The summed E-state index contributed by atoms with van der Waals surface area (Å²) in [5.74, 6) is 0.471. The molecule has 0 saturated heterocycles. The average Bonchev–Trinajstić information content (AvgIpc) is 1.98. The first kappa shape index (κ1) is 14.1. The summed E-state index contributed by atoms with van der Waals surface area (Å²) < 4.78 is 6.03. The largest absolute Gasteiger partial charge is 0.417 e. The molecule has 0 aromatic heterocycles. The van der Waals surface area contributed by atoms with Crippen LogP contribution in [0.3, 0.4) is 0 Å². The summed E-state index contributed by atoms with van der Waals surface area (Å²) in [5.41, 5.74) is 5.95. The number of nitrogens with two attached hydrogens (primary N) is 1. The van der Waals surface area contributed by atoms with Gasteiger partial charge in [-0.05, 0) is 24.8 Å². The predicted octanol–water partition coefficient (Wildman–Crippen LogP) is 2.07. The highest BCUT2D eigenvalue weighted by molar-refractivity contribution is 6.31. The van der Waals surface area contributed by atoms with Gasteiger partial charge < -0.3 is 10.2 Å². The van der Waals surface area contributed by atoms with Gasteiger partial charge >= 0.3 is 0 Å². The van der Waals surface area contributed by atoms with E-state index in [1.165, 1.54) is 0 Å². The van der Waals surface area contributed by atoms with E-state index in [2.05, 4.69) is 48.5 Å². The SMILES string of the molecule is CC(C)C(N)C(C)(C)O[SiH2]C(C)(C)C. The first-order valence-electron chi connectivity index (χ1n) is 5.46. The van der Waals surface area contributed by atoms with E-state index in [1.807, 2.05) is 0 Å². The number of rotatable bonds is 4. The Morgan fingerprint density at radius 1 is 1.07 bits per heavy atom. The minimum Gasteiger partial charge on any atom is -0.417 e. The molecule has 0 aromatic rings. The van der Waals surface area contributed by atoms with Crippen LogP contribution in [0.25, 0.3) is 0 Å². The zero-order valence-electron chi connectivity index (χ0n) is 10.8. The minimum atomic E-state index is -0.509. The molecule has 1 unspecified atom stereocenters. The van der Waals surface area contributed by atoms with E-state index in [1.54, 1.807) is 0 Å². The van der Waals surface area contributed by atoms with Crippen molar-refractivity contribution < 1.29 is 4.43 Å². The van der Waals surface area contributed by atoms with Crippen LogP contribution in [0.1, 0.15) is 48.5 Å². The normalized spacial score (nSPS) is 16.9. The molecule has 0 amide bonds. The predicted molar refractivity (Wildman–Crippen MR) is 66.2 cm³/mol. The Morgan fingerprint density at radius 2 is 1.50 bits per heavy atom. The highest BCUT2D eigenvalue weighted by Gasteiger charge is 2.30.